The number of nitrogens with two attached hydrogens (primary N) is 1. The van der Waals surface area contributed by atoms with Gasteiger partial charge in [-0.3, -0.25) is 9.59 Å². The molecule has 1 amide bonds. The molecule has 0 radical (unpaired) electrons. The quantitative estimate of drug-likeness (QED) is 0.416. The summed E-state index contributed by atoms with van der Waals surface area (Å²) in [4.78, 5) is 23.6. The van der Waals surface area contributed by atoms with E-state index in [2.05, 4.69) is 55.6 Å². The highest BCUT2D eigenvalue weighted by atomic mass is 16.4. The van der Waals surface area contributed by atoms with Gasteiger partial charge in [-0.25, -0.2) is 0 Å². The standard InChI is InChI=1S/C28H32N2O3/c1-19(2)16-25(23-14-12-22(13-15-23)21-6-4-3-5-7-21)18-30-27(31)24-10-8-20(9-11-24)17-26(29)28(32)33/h3-15,19,25-26H,16-18,29H2,1-2H3,(H,30,31)(H,32,33)/t25-,26-/m0/s1. The number of carboxylic acids is 1. The first-order valence-electron chi connectivity index (χ1n) is 11.3. The molecule has 0 spiro atoms. The summed E-state index contributed by atoms with van der Waals surface area (Å²) in [6, 6.07) is 24.9. The van der Waals surface area contributed by atoms with Crippen molar-refractivity contribution in [1.29, 1.82) is 0 Å². The number of carboxylic acid groups (broad SMARTS) is 1. The van der Waals surface area contributed by atoms with E-state index in [-0.39, 0.29) is 18.2 Å². The van der Waals surface area contributed by atoms with Gasteiger partial charge in [-0.1, -0.05) is 80.6 Å². The van der Waals surface area contributed by atoms with Crippen molar-refractivity contribution in [3.63, 3.8) is 0 Å². The molecule has 0 unspecified atom stereocenters. The van der Waals surface area contributed by atoms with Gasteiger partial charge in [0.1, 0.15) is 6.04 Å². The minimum atomic E-state index is -1.04. The largest absolute Gasteiger partial charge is 0.480 e. The molecule has 5 nitrogen and oxygen atoms in total. The molecule has 5 heteroatoms. The Hall–Kier alpha value is -3.44. The van der Waals surface area contributed by atoms with Gasteiger partial charge < -0.3 is 16.2 Å². The van der Waals surface area contributed by atoms with E-state index in [0.29, 0.717) is 18.0 Å². The highest BCUT2D eigenvalue weighted by molar-refractivity contribution is 5.94. The summed E-state index contributed by atoms with van der Waals surface area (Å²) in [6.07, 6.45) is 1.20. The molecule has 0 aliphatic carbocycles. The number of nitrogens with one attached hydrogen (secondary N) is 1. The average Bonchev–Trinajstić information content (AvgIpc) is 2.82. The summed E-state index contributed by atoms with van der Waals surface area (Å²) in [7, 11) is 0. The number of benzene rings is 3. The van der Waals surface area contributed by atoms with E-state index < -0.39 is 12.0 Å². The molecular formula is C28H32N2O3. The Labute approximate surface area is 195 Å². The predicted molar refractivity (Wildman–Crippen MR) is 132 cm³/mol. The Bertz CT molecular complexity index is 1040. The van der Waals surface area contributed by atoms with Gasteiger partial charge >= 0.3 is 5.97 Å². The van der Waals surface area contributed by atoms with Gasteiger partial charge in [-0.05, 0) is 53.1 Å². The monoisotopic (exact) mass is 444 g/mol. The maximum atomic E-state index is 12.7. The maximum Gasteiger partial charge on any atom is 0.320 e. The van der Waals surface area contributed by atoms with Crippen LogP contribution in [0, 0.1) is 5.92 Å². The van der Waals surface area contributed by atoms with Crippen LogP contribution in [0.3, 0.4) is 0 Å². The number of rotatable bonds is 10. The van der Waals surface area contributed by atoms with Gasteiger partial charge in [0.15, 0.2) is 0 Å². The van der Waals surface area contributed by atoms with E-state index in [9.17, 15) is 9.59 Å². The lowest BCUT2D eigenvalue weighted by Crippen LogP contribution is -2.32. The molecule has 0 fully saturated rings. The van der Waals surface area contributed by atoms with E-state index in [1.807, 2.05) is 18.2 Å². The molecule has 2 atom stereocenters. The molecule has 4 N–H and O–H groups in total. The minimum absolute atomic E-state index is 0.140. The number of hydrogen-bond donors (Lipinski definition) is 3. The zero-order valence-electron chi connectivity index (χ0n) is 19.2. The highest BCUT2D eigenvalue weighted by Crippen LogP contribution is 2.26. The van der Waals surface area contributed by atoms with E-state index in [1.54, 1.807) is 24.3 Å². The van der Waals surface area contributed by atoms with E-state index in [0.717, 1.165) is 12.0 Å². The second-order valence-electron chi connectivity index (χ2n) is 8.87. The van der Waals surface area contributed by atoms with Gasteiger partial charge in [0, 0.05) is 18.0 Å². The second-order valence-corrected chi connectivity index (χ2v) is 8.87. The van der Waals surface area contributed by atoms with E-state index in [1.165, 1.54) is 16.7 Å². The fourth-order valence-corrected chi connectivity index (χ4v) is 3.94. The third kappa shape index (κ3) is 7.02. The smallest absolute Gasteiger partial charge is 0.320 e. The number of hydrogen-bond acceptors (Lipinski definition) is 3. The Kier molecular flexibility index (Phi) is 8.39. The van der Waals surface area contributed by atoms with Crippen molar-refractivity contribution < 1.29 is 14.7 Å². The topological polar surface area (TPSA) is 92.4 Å². The zero-order valence-corrected chi connectivity index (χ0v) is 19.2. The summed E-state index contributed by atoms with van der Waals surface area (Å²) in [5, 5.41) is 12.0. The lowest BCUT2D eigenvalue weighted by atomic mass is 9.89. The molecule has 0 aliphatic rings. The second kappa shape index (κ2) is 11.4. The molecule has 0 saturated heterocycles. The fourth-order valence-electron chi connectivity index (χ4n) is 3.94. The van der Waals surface area contributed by atoms with Gasteiger partial charge in [-0.15, -0.1) is 0 Å². The number of amides is 1. The molecule has 3 rings (SSSR count). The van der Waals surface area contributed by atoms with Gasteiger partial charge in [0.05, 0.1) is 0 Å². The fraction of sp³-hybridized carbons (Fsp3) is 0.286. The third-order valence-corrected chi connectivity index (χ3v) is 5.74. The first-order valence-corrected chi connectivity index (χ1v) is 11.3. The zero-order chi connectivity index (χ0) is 23.8. The van der Waals surface area contributed by atoms with Crippen molar-refractivity contribution in [3.05, 3.63) is 95.6 Å². The summed E-state index contributed by atoms with van der Waals surface area (Å²) < 4.78 is 0. The lowest BCUT2D eigenvalue weighted by molar-refractivity contribution is -0.138. The number of carbonyl (C=O) groups is 2. The Balaban J connectivity index is 1.64. The summed E-state index contributed by atoms with van der Waals surface area (Å²) in [6.45, 7) is 4.93. The molecule has 33 heavy (non-hydrogen) atoms. The summed E-state index contributed by atoms with van der Waals surface area (Å²) in [5.41, 5.74) is 10.5. The SMILES string of the molecule is CC(C)C[C@@H](CNC(=O)c1ccc(C[C@H](N)C(=O)O)cc1)c1ccc(-c2ccccc2)cc1. The molecule has 0 bridgehead atoms. The average molecular weight is 445 g/mol. The Morgan fingerprint density at radius 2 is 1.48 bits per heavy atom. The van der Waals surface area contributed by atoms with Gasteiger partial charge in [0.25, 0.3) is 5.91 Å². The third-order valence-electron chi connectivity index (χ3n) is 5.74. The molecule has 3 aromatic carbocycles. The van der Waals surface area contributed by atoms with Crippen LogP contribution in [-0.4, -0.2) is 29.6 Å². The van der Waals surface area contributed by atoms with Crippen LogP contribution in [0.1, 0.15) is 47.7 Å². The molecule has 3 aromatic rings. The van der Waals surface area contributed by atoms with E-state index >= 15 is 0 Å². The van der Waals surface area contributed by atoms with Crippen LogP contribution < -0.4 is 11.1 Å². The van der Waals surface area contributed by atoms with Crippen LogP contribution in [0.5, 0.6) is 0 Å². The first-order chi connectivity index (χ1) is 15.8. The van der Waals surface area contributed by atoms with Crippen molar-refractivity contribution >= 4 is 11.9 Å². The molecule has 172 valence electrons. The molecular weight excluding hydrogens is 412 g/mol. The Morgan fingerprint density at radius 1 is 0.879 bits per heavy atom. The maximum absolute atomic E-state index is 12.7. The normalized spacial score (nSPS) is 12.8. The number of carbonyl (C=O) groups excluding carboxylic acids is 1. The van der Waals surface area contributed by atoms with Crippen LogP contribution in [0.4, 0.5) is 0 Å². The summed E-state index contributed by atoms with van der Waals surface area (Å²) >= 11 is 0. The minimum Gasteiger partial charge on any atom is -0.480 e. The van der Waals surface area contributed by atoms with Gasteiger partial charge in [0.2, 0.25) is 0 Å². The molecule has 0 saturated carbocycles. The van der Waals surface area contributed by atoms with Crippen molar-refractivity contribution in [2.45, 2.75) is 38.6 Å². The van der Waals surface area contributed by atoms with Crippen molar-refractivity contribution in [2.75, 3.05) is 6.54 Å². The van der Waals surface area contributed by atoms with Crippen molar-refractivity contribution in [2.24, 2.45) is 11.7 Å². The number of aliphatic carboxylic acids is 1. The van der Waals surface area contributed by atoms with Crippen LogP contribution in [0.25, 0.3) is 11.1 Å². The lowest BCUT2D eigenvalue weighted by Gasteiger charge is -2.21. The van der Waals surface area contributed by atoms with Gasteiger partial charge in [-0.2, -0.15) is 0 Å². The van der Waals surface area contributed by atoms with Crippen LogP contribution in [-0.2, 0) is 11.2 Å². The highest BCUT2D eigenvalue weighted by Gasteiger charge is 2.17. The first kappa shape index (κ1) is 24.2. The predicted octanol–water partition coefficient (Wildman–Crippen LogP) is 4.87. The molecule has 0 heterocycles. The van der Waals surface area contributed by atoms with E-state index in [4.69, 9.17) is 10.8 Å². The molecule has 0 aliphatic heterocycles. The van der Waals surface area contributed by atoms with Crippen molar-refractivity contribution in [1.82, 2.24) is 5.32 Å². The molecule has 0 aromatic heterocycles. The van der Waals surface area contributed by atoms with Crippen LogP contribution in [0.2, 0.25) is 0 Å². The summed E-state index contributed by atoms with van der Waals surface area (Å²) in [5.74, 6) is -0.464. The van der Waals surface area contributed by atoms with Crippen molar-refractivity contribution in [3.8, 4) is 11.1 Å². The van der Waals surface area contributed by atoms with Crippen LogP contribution in [0.15, 0.2) is 78.9 Å². The van der Waals surface area contributed by atoms with Crippen LogP contribution >= 0.6 is 0 Å². The Morgan fingerprint density at radius 3 is 2.06 bits per heavy atom.